The van der Waals surface area contributed by atoms with Crippen LogP contribution in [-0.2, 0) is 11.2 Å². The molecule has 1 aliphatic carbocycles. The molecule has 1 heterocycles. The number of hydrogen-bond acceptors (Lipinski definition) is 2. The van der Waals surface area contributed by atoms with Crippen LogP contribution in [0.1, 0.15) is 57.6 Å². The van der Waals surface area contributed by atoms with E-state index in [1.54, 1.807) is 0 Å². The maximum absolute atomic E-state index is 12.1. The van der Waals surface area contributed by atoms with Crippen LogP contribution >= 0.6 is 0 Å². The van der Waals surface area contributed by atoms with Crippen molar-refractivity contribution in [2.24, 2.45) is 5.92 Å². The predicted molar refractivity (Wildman–Crippen MR) is 72.4 cm³/mol. The average Bonchev–Trinajstić information content (AvgIpc) is 2.65. The highest BCUT2D eigenvalue weighted by molar-refractivity contribution is 5.91. The molecule has 4 heteroatoms. The van der Waals surface area contributed by atoms with Crippen LogP contribution in [0, 0.1) is 5.92 Å². The second-order valence-electron chi connectivity index (χ2n) is 5.21. The molecule has 0 radical (unpaired) electrons. The third-order valence-corrected chi connectivity index (χ3v) is 3.63. The molecule has 1 aromatic rings. The summed E-state index contributed by atoms with van der Waals surface area (Å²) in [4.78, 5) is 12.1. The largest absolute Gasteiger partial charge is 0.309 e. The number of carbonyl (C=O) groups is 1. The smallest absolute Gasteiger partial charge is 0.228 e. The van der Waals surface area contributed by atoms with E-state index in [9.17, 15) is 4.79 Å². The zero-order valence-corrected chi connectivity index (χ0v) is 11.2. The number of nitrogens with zero attached hydrogens (tertiary/aromatic N) is 1. The number of hydrogen-bond donors (Lipinski definition) is 2. The highest BCUT2D eigenvalue weighted by atomic mass is 16.1. The topological polar surface area (TPSA) is 57.8 Å². The summed E-state index contributed by atoms with van der Waals surface area (Å²) >= 11 is 0. The van der Waals surface area contributed by atoms with Crippen molar-refractivity contribution in [3.8, 4) is 0 Å². The number of amides is 1. The predicted octanol–water partition coefficient (Wildman–Crippen LogP) is 3.27. The summed E-state index contributed by atoms with van der Waals surface area (Å²) in [5.74, 6) is 0.998. The van der Waals surface area contributed by atoms with Gasteiger partial charge < -0.3 is 5.32 Å². The number of nitrogens with one attached hydrogen (secondary N) is 2. The molecular formula is C14H23N3O. The lowest BCUT2D eigenvalue weighted by Gasteiger charge is -2.12. The third kappa shape index (κ3) is 3.59. The molecule has 2 N–H and O–H groups in total. The summed E-state index contributed by atoms with van der Waals surface area (Å²) < 4.78 is 0. The number of aromatic amines is 1. The van der Waals surface area contributed by atoms with Gasteiger partial charge in [0.05, 0.1) is 0 Å². The minimum Gasteiger partial charge on any atom is -0.309 e. The molecule has 1 saturated carbocycles. The number of anilines is 1. The van der Waals surface area contributed by atoms with Gasteiger partial charge >= 0.3 is 0 Å². The van der Waals surface area contributed by atoms with E-state index in [4.69, 9.17) is 0 Å². The Bertz CT molecular complexity index is 378. The van der Waals surface area contributed by atoms with Crippen LogP contribution in [0.25, 0.3) is 0 Å². The minimum atomic E-state index is 0.145. The molecule has 100 valence electrons. The van der Waals surface area contributed by atoms with Crippen molar-refractivity contribution in [1.29, 1.82) is 0 Å². The first kappa shape index (κ1) is 13.1. The number of rotatable bonds is 4. The Hall–Kier alpha value is -1.32. The average molecular weight is 249 g/mol. The van der Waals surface area contributed by atoms with Crippen LogP contribution in [0.2, 0.25) is 0 Å². The molecule has 2 rings (SSSR count). The Morgan fingerprint density at radius 1 is 1.39 bits per heavy atom. The monoisotopic (exact) mass is 249 g/mol. The molecular weight excluding hydrogens is 226 g/mol. The maximum Gasteiger partial charge on any atom is 0.228 e. The first-order valence-corrected chi connectivity index (χ1v) is 7.14. The Labute approximate surface area is 109 Å². The molecule has 1 fully saturated rings. The van der Waals surface area contributed by atoms with Gasteiger partial charge in [-0.25, -0.2) is 0 Å². The Morgan fingerprint density at radius 3 is 2.78 bits per heavy atom. The van der Waals surface area contributed by atoms with Gasteiger partial charge in [-0.3, -0.25) is 9.89 Å². The lowest BCUT2D eigenvalue weighted by atomic mass is 9.99. The van der Waals surface area contributed by atoms with E-state index in [0.717, 1.165) is 31.4 Å². The standard InChI is InChI=1S/C14H23N3O/c1-2-7-12-10-13(17-16-12)15-14(18)11-8-5-3-4-6-9-11/h10-11H,2-9H2,1H3,(H2,15,16,17,18). The second-order valence-corrected chi connectivity index (χ2v) is 5.21. The number of carbonyl (C=O) groups excluding carboxylic acids is 1. The van der Waals surface area contributed by atoms with E-state index < -0.39 is 0 Å². The van der Waals surface area contributed by atoms with Gasteiger partial charge in [0.25, 0.3) is 0 Å². The van der Waals surface area contributed by atoms with Crippen LogP contribution < -0.4 is 5.32 Å². The van der Waals surface area contributed by atoms with E-state index in [-0.39, 0.29) is 11.8 Å². The van der Waals surface area contributed by atoms with Crippen LogP contribution in [0.5, 0.6) is 0 Å². The number of aryl methyl sites for hydroxylation is 1. The van der Waals surface area contributed by atoms with Crippen LogP contribution in [0.4, 0.5) is 5.82 Å². The Kier molecular flexibility index (Phi) is 4.79. The number of H-pyrrole nitrogens is 1. The minimum absolute atomic E-state index is 0.145. The molecule has 1 amide bonds. The second kappa shape index (κ2) is 6.57. The van der Waals surface area contributed by atoms with Crippen molar-refractivity contribution in [3.05, 3.63) is 11.8 Å². The van der Waals surface area contributed by atoms with Crippen molar-refractivity contribution in [3.63, 3.8) is 0 Å². The summed E-state index contributed by atoms with van der Waals surface area (Å²) in [5, 5.41) is 10.0. The molecule has 0 aliphatic heterocycles. The first-order valence-electron chi connectivity index (χ1n) is 7.14. The summed E-state index contributed by atoms with van der Waals surface area (Å²) in [7, 11) is 0. The molecule has 0 unspecified atom stereocenters. The lowest BCUT2D eigenvalue weighted by Crippen LogP contribution is -2.22. The van der Waals surface area contributed by atoms with Crippen LogP contribution in [0.3, 0.4) is 0 Å². The summed E-state index contributed by atoms with van der Waals surface area (Å²) in [6.07, 6.45) is 9.01. The summed E-state index contributed by atoms with van der Waals surface area (Å²) in [6, 6.07) is 1.94. The molecule has 0 spiro atoms. The van der Waals surface area contributed by atoms with Gasteiger partial charge in [0.1, 0.15) is 0 Å². The summed E-state index contributed by atoms with van der Waals surface area (Å²) in [6.45, 7) is 2.13. The fourth-order valence-corrected chi connectivity index (χ4v) is 2.59. The van der Waals surface area contributed by atoms with Gasteiger partial charge in [0.15, 0.2) is 5.82 Å². The van der Waals surface area contributed by atoms with Crippen molar-refractivity contribution in [1.82, 2.24) is 10.2 Å². The Morgan fingerprint density at radius 2 is 2.11 bits per heavy atom. The zero-order chi connectivity index (χ0) is 12.8. The van der Waals surface area contributed by atoms with Gasteiger partial charge in [-0.05, 0) is 19.3 Å². The number of aromatic nitrogens is 2. The fourth-order valence-electron chi connectivity index (χ4n) is 2.59. The van der Waals surface area contributed by atoms with Crippen LogP contribution in [-0.4, -0.2) is 16.1 Å². The maximum atomic E-state index is 12.1. The molecule has 1 aliphatic rings. The van der Waals surface area contributed by atoms with Gasteiger partial charge in [0, 0.05) is 17.7 Å². The van der Waals surface area contributed by atoms with E-state index in [2.05, 4.69) is 22.4 Å². The van der Waals surface area contributed by atoms with Crippen molar-refractivity contribution >= 4 is 11.7 Å². The molecule has 18 heavy (non-hydrogen) atoms. The molecule has 0 atom stereocenters. The molecule has 0 bridgehead atoms. The van der Waals surface area contributed by atoms with E-state index in [0.29, 0.717) is 5.82 Å². The molecule has 4 nitrogen and oxygen atoms in total. The van der Waals surface area contributed by atoms with Gasteiger partial charge in [-0.15, -0.1) is 0 Å². The van der Waals surface area contributed by atoms with Gasteiger partial charge in [-0.1, -0.05) is 39.0 Å². The summed E-state index contributed by atoms with van der Waals surface area (Å²) in [5.41, 5.74) is 1.09. The molecule has 0 saturated heterocycles. The lowest BCUT2D eigenvalue weighted by molar-refractivity contribution is -0.120. The SMILES string of the molecule is CCCc1cc(NC(=O)C2CCCCCC2)n[nH]1. The van der Waals surface area contributed by atoms with E-state index in [1.807, 2.05) is 6.07 Å². The Balaban J connectivity index is 1.88. The van der Waals surface area contributed by atoms with Gasteiger partial charge in [-0.2, -0.15) is 5.10 Å². The van der Waals surface area contributed by atoms with Gasteiger partial charge in [0.2, 0.25) is 5.91 Å². The fraction of sp³-hybridized carbons (Fsp3) is 0.714. The van der Waals surface area contributed by atoms with Crippen LogP contribution in [0.15, 0.2) is 6.07 Å². The first-order chi connectivity index (χ1) is 8.79. The molecule has 0 aromatic carbocycles. The zero-order valence-electron chi connectivity index (χ0n) is 11.2. The third-order valence-electron chi connectivity index (χ3n) is 3.63. The normalized spacial score (nSPS) is 17.4. The van der Waals surface area contributed by atoms with Crippen molar-refractivity contribution in [2.75, 3.05) is 5.32 Å². The molecule has 1 aromatic heterocycles. The highest BCUT2D eigenvalue weighted by Crippen LogP contribution is 2.24. The van der Waals surface area contributed by atoms with Crippen molar-refractivity contribution in [2.45, 2.75) is 58.3 Å². The highest BCUT2D eigenvalue weighted by Gasteiger charge is 2.20. The quantitative estimate of drug-likeness (QED) is 0.805. The van der Waals surface area contributed by atoms with E-state index in [1.165, 1.54) is 25.7 Å². The van der Waals surface area contributed by atoms with E-state index >= 15 is 0 Å². The van der Waals surface area contributed by atoms with Crippen molar-refractivity contribution < 1.29 is 4.79 Å².